The second-order valence-electron chi connectivity index (χ2n) is 5.43. The first kappa shape index (κ1) is 15.8. The Morgan fingerprint density at radius 3 is 2.58 bits per heavy atom. The molecule has 1 amide bonds. The number of benzene rings is 1. The van der Waals surface area contributed by atoms with E-state index < -0.39 is 0 Å². The Labute approximate surface area is 120 Å². The molecule has 1 unspecified atom stereocenters. The fourth-order valence-electron chi connectivity index (χ4n) is 1.95. The third-order valence-electron chi connectivity index (χ3n) is 3.05. The molecule has 0 aromatic heterocycles. The summed E-state index contributed by atoms with van der Waals surface area (Å²) in [4.78, 5) is 12.1. The number of rotatable bonds is 6. The Morgan fingerprint density at radius 2 is 2.00 bits per heavy atom. The normalized spacial score (nSPS) is 12.5. The van der Waals surface area contributed by atoms with Crippen LogP contribution in [0.3, 0.4) is 0 Å². The standard InChI is InChI=1S/C15H23ClN2O/c1-10(2)5-4-6-11(3)18-15(19)13-8-7-12(16)9-14(13)17/h7-11H,4-6,17H2,1-3H3,(H,18,19). The fourth-order valence-corrected chi connectivity index (χ4v) is 2.13. The Morgan fingerprint density at radius 1 is 1.32 bits per heavy atom. The van der Waals surface area contributed by atoms with Crippen LogP contribution in [0.25, 0.3) is 0 Å². The maximum absolute atomic E-state index is 12.1. The van der Waals surface area contributed by atoms with Crippen LogP contribution in [0.1, 0.15) is 50.4 Å². The van der Waals surface area contributed by atoms with E-state index in [1.54, 1.807) is 18.2 Å². The minimum atomic E-state index is -0.133. The summed E-state index contributed by atoms with van der Waals surface area (Å²) >= 11 is 5.81. The third-order valence-corrected chi connectivity index (χ3v) is 3.29. The second-order valence-corrected chi connectivity index (χ2v) is 5.87. The first-order valence-electron chi connectivity index (χ1n) is 6.76. The number of carbonyl (C=O) groups is 1. The van der Waals surface area contributed by atoms with E-state index in [2.05, 4.69) is 19.2 Å². The molecule has 0 radical (unpaired) electrons. The average molecular weight is 283 g/mol. The lowest BCUT2D eigenvalue weighted by Crippen LogP contribution is -2.33. The average Bonchev–Trinajstić information content (AvgIpc) is 2.27. The molecule has 3 N–H and O–H groups in total. The number of nitrogens with two attached hydrogens (primary N) is 1. The molecular weight excluding hydrogens is 260 g/mol. The summed E-state index contributed by atoms with van der Waals surface area (Å²) in [6.07, 6.45) is 3.29. The molecule has 106 valence electrons. The van der Waals surface area contributed by atoms with Gasteiger partial charge in [0.2, 0.25) is 0 Å². The summed E-state index contributed by atoms with van der Waals surface area (Å²) in [5.74, 6) is 0.570. The number of anilines is 1. The van der Waals surface area contributed by atoms with Gasteiger partial charge in [-0.1, -0.05) is 38.3 Å². The molecule has 0 aliphatic heterocycles. The summed E-state index contributed by atoms with van der Waals surface area (Å²) < 4.78 is 0. The van der Waals surface area contributed by atoms with Gasteiger partial charge in [0.25, 0.3) is 5.91 Å². The Balaban J connectivity index is 2.50. The monoisotopic (exact) mass is 282 g/mol. The third kappa shape index (κ3) is 5.52. The lowest BCUT2D eigenvalue weighted by molar-refractivity contribution is 0.0938. The van der Waals surface area contributed by atoms with Gasteiger partial charge in [-0.05, 0) is 37.5 Å². The van der Waals surface area contributed by atoms with E-state index in [-0.39, 0.29) is 11.9 Å². The highest BCUT2D eigenvalue weighted by molar-refractivity contribution is 6.31. The van der Waals surface area contributed by atoms with Crippen molar-refractivity contribution in [2.24, 2.45) is 5.92 Å². The topological polar surface area (TPSA) is 55.1 Å². The first-order chi connectivity index (χ1) is 8.90. The number of carbonyl (C=O) groups excluding carboxylic acids is 1. The van der Waals surface area contributed by atoms with Crippen molar-refractivity contribution in [1.82, 2.24) is 5.32 Å². The van der Waals surface area contributed by atoms with Gasteiger partial charge in [0.1, 0.15) is 0 Å². The van der Waals surface area contributed by atoms with E-state index in [1.807, 2.05) is 6.92 Å². The van der Waals surface area contributed by atoms with Gasteiger partial charge in [0.15, 0.2) is 0 Å². The van der Waals surface area contributed by atoms with Crippen LogP contribution < -0.4 is 11.1 Å². The van der Waals surface area contributed by atoms with Crippen LogP contribution in [0, 0.1) is 5.92 Å². The zero-order valence-corrected chi connectivity index (χ0v) is 12.6. The van der Waals surface area contributed by atoms with E-state index in [9.17, 15) is 4.79 Å². The van der Waals surface area contributed by atoms with Gasteiger partial charge in [-0.15, -0.1) is 0 Å². The summed E-state index contributed by atoms with van der Waals surface area (Å²) in [6, 6.07) is 5.09. The van der Waals surface area contributed by atoms with Crippen molar-refractivity contribution < 1.29 is 4.79 Å². The number of amides is 1. The Kier molecular flexibility index (Phi) is 6.16. The maximum atomic E-state index is 12.1. The molecule has 1 aromatic rings. The molecule has 0 aliphatic rings. The zero-order valence-electron chi connectivity index (χ0n) is 11.9. The highest BCUT2D eigenvalue weighted by Crippen LogP contribution is 2.18. The van der Waals surface area contributed by atoms with Gasteiger partial charge < -0.3 is 11.1 Å². The van der Waals surface area contributed by atoms with Crippen molar-refractivity contribution in [1.29, 1.82) is 0 Å². The molecule has 0 bridgehead atoms. The molecule has 0 spiro atoms. The molecule has 1 atom stereocenters. The van der Waals surface area contributed by atoms with Gasteiger partial charge in [-0.25, -0.2) is 0 Å². The minimum absolute atomic E-state index is 0.133. The van der Waals surface area contributed by atoms with Gasteiger partial charge in [-0.3, -0.25) is 4.79 Å². The minimum Gasteiger partial charge on any atom is -0.398 e. The van der Waals surface area contributed by atoms with Crippen molar-refractivity contribution >= 4 is 23.2 Å². The lowest BCUT2D eigenvalue weighted by atomic mass is 10.0. The van der Waals surface area contributed by atoms with Crippen molar-refractivity contribution in [3.8, 4) is 0 Å². The van der Waals surface area contributed by atoms with Crippen LogP contribution in [0.4, 0.5) is 5.69 Å². The summed E-state index contributed by atoms with van der Waals surface area (Å²) in [7, 11) is 0. The van der Waals surface area contributed by atoms with Crippen LogP contribution in [0.2, 0.25) is 5.02 Å². The van der Waals surface area contributed by atoms with Gasteiger partial charge in [0.05, 0.1) is 5.56 Å². The first-order valence-corrected chi connectivity index (χ1v) is 7.14. The number of halogens is 1. The largest absolute Gasteiger partial charge is 0.398 e. The molecular formula is C15H23ClN2O. The van der Waals surface area contributed by atoms with E-state index in [0.717, 1.165) is 12.8 Å². The highest BCUT2D eigenvalue weighted by Gasteiger charge is 2.12. The summed E-state index contributed by atoms with van der Waals surface area (Å²) in [5, 5.41) is 3.51. The predicted octanol–water partition coefficient (Wildman–Crippen LogP) is 3.87. The smallest absolute Gasteiger partial charge is 0.253 e. The quantitative estimate of drug-likeness (QED) is 0.778. The number of hydrogen-bond acceptors (Lipinski definition) is 2. The van der Waals surface area contributed by atoms with Crippen LogP contribution in [0.5, 0.6) is 0 Å². The molecule has 1 rings (SSSR count). The number of nitrogen functional groups attached to an aromatic ring is 1. The fraction of sp³-hybridized carbons (Fsp3) is 0.533. The molecule has 1 aromatic carbocycles. The second kappa shape index (κ2) is 7.39. The number of hydrogen-bond donors (Lipinski definition) is 2. The van der Waals surface area contributed by atoms with Crippen LogP contribution in [-0.4, -0.2) is 11.9 Å². The SMILES string of the molecule is CC(C)CCCC(C)NC(=O)c1ccc(Cl)cc1N. The summed E-state index contributed by atoms with van der Waals surface area (Å²) in [6.45, 7) is 6.43. The molecule has 0 aliphatic carbocycles. The molecule has 0 saturated carbocycles. The molecule has 0 fully saturated rings. The predicted molar refractivity (Wildman–Crippen MR) is 81.5 cm³/mol. The maximum Gasteiger partial charge on any atom is 0.253 e. The zero-order chi connectivity index (χ0) is 14.4. The van der Waals surface area contributed by atoms with Crippen LogP contribution in [-0.2, 0) is 0 Å². The van der Waals surface area contributed by atoms with E-state index in [4.69, 9.17) is 17.3 Å². The van der Waals surface area contributed by atoms with Crippen LogP contribution >= 0.6 is 11.6 Å². The Hall–Kier alpha value is -1.22. The molecule has 0 heterocycles. The molecule has 4 heteroatoms. The molecule has 19 heavy (non-hydrogen) atoms. The van der Waals surface area contributed by atoms with Gasteiger partial charge in [-0.2, -0.15) is 0 Å². The van der Waals surface area contributed by atoms with E-state index >= 15 is 0 Å². The van der Waals surface area contributed by atoms with Crippen molar-refractivity contribution in [3.05, 3.63) is 28.8 Å². The highest BCUT2D eigenvalue weighted by atomic mass is 35.5. The van der Waals surface area contributed by atoms with Crippen LogP contribution in [0.15, 0.2) is 18.2 Å². The Bertz CT molecular complexity index is 432. The lowest BCUT2D eigenvalue weighted by Gasteiger charge is -2.15. The molecule has 0 saturated heterocycles. The molecule has 3 nitrogen and oxygen atoms in total. The summed E-state index contributed by atoms with van der Waals surface area (Å²) in [5.41, 5.74) is 6.69. The van der Waals surface area contributed by atoms with Crippen molar-refractivity contribution in [3.63, 3.8) is 0 Å². The van der Waals surface area contributed by atoms with Crippen molar-refractivity contribution in [2.75, 3.05) is 5.73 Å². The van der Waals surface area contributed by atoms with Crippen molar-refractivity contribution in [2.45, 2.75) is 46.1 Å². The van der Waals surface area contributed by atoms with E-state index in [1.165, 1.54) is 6.42 Å². The van der Waals surface area contributed by atoms with Gasteiger partial charge in [0, 0.05) is 16.8 Å². The van der Waals surface area contributed by atoms with Gasteiger partial charge >= 0.3 is 0 Å². The van der Waals surface area contributed by atoms with E-state index in [0.29, 0.717) is 22.2 Å². The number of nitrogens with one attached hydrogen (secondary N) is 1.